The lowest BCUT2D eigenvalue weighted by Crippen LogP contribution is -2.26. The molecule has 1 atom stereocenters. The lowest BCUT2D eigenvalue weighted by molar-refractivity contribution is 0.226. The van der Waals surface area contributed by atoms with E-state index < -0.39 is 0 Å². The van der Waals surface area contributed by atoms with Gasteiger partial charge < -0.3 is 15.0 Å². The summed E-state index contributed by atoms with van der Waals surface area (Å²) in [6, 6.07) is 15.2. The van der Waals surface area contributed by atoms with Crippen molar-refractivity contribution >= 4 is 11.6 Å². The van der Waals surface area contributed by atoms with Crippen molar-refractivity contribution in [3.63, 3.8) is 0 Å². The second kappa shape index (κ2) is 9.05. The summed E-state index contributed by atoms with van der Waals surface area (Å²) in [6.07, 6.45) is 3.49. The Kier molecular flexibility index (Phi) is 6.51. The van der Waals surface area contributed by atoms with Crippen LogP contribution in [0.15, 0.2) is 42.5 Å². The van der Waals surface area contributed by atoms with E-state index in [0.717, 1.165) is 29.8 Å². The van der Waals surface area contributed by atoms with E-state index in [4.69, 9.17) is 10.1 Å². The first-order valence-corrected chi connectivity index (χ1v) is 9.85. The van der Waals surface area contributed by atoms with E-state index in [2.05, 4.69) is 61.4 Å². The van der Waals surface area contributed by atoms with Gasteiger partial charge in [-0.15, -0.1) is 0 Å². The number of aryl methyl sites for hydroxylation is 2. The van der Waals surface area contributed by atoms with Crippen molar-refractivity contribution in [1.29, 1.82) is 5.41 Å². The van der Waals surface area contributed by atoms with Gasteiger partial charge in [0.25, 0.3) is 0 Å². The van der Waals surface area contributed by atoms with Gasteiger partial charge in [0.1, 0.15) is 0 Å². The standard InChI is InChI=1S/C23H31N3O/c1-17-9-11-19(12-10-17)16-25-22-18(2)6-4-8-21(22)23(24)27-15-13-20-7-5-14-26(20)3/h4,6,8-12,20,24-25H,5,7,13-16H2,1-3H3. The summed E-state index contributed by atoms with van der Waals surface area (Å²) >= 11 is 0. The van der Waals surface area contributed by atoms with Gasteiger partial charge in [0, 0.05) is 12.6 Å². The highest BCUT2D eigenvalue weighted by Crippen LogP contribution is 2.23. The second-order valence-electron chi connectivity index (χ2n) is 7.58. The zero-order chi connectivity index (χ0) is 19.2. The van der Waals surface area contributed by atoms with Crippen molar-refractivity contribution in [2.75, 3.05) is 25.5 Å². The Morgan fingerprint density at radius 1 is 1.19 bits per heavy atom. The third-order valence-electron chi connectivity index (χ3n) is 5.48. The molecule has 0 bridgehead atoms. The maximum Gasteiger partial charge on any atom is 0.215 e. The highest BCUT2D eigenvalue weighted by Gasteiger charge is 2.21. The number of nitrogens with zero attached hydrogens (tertiary/aromatic N) is 1. The number of hydrogen-bond donors (Lipinski definition) is 2. The Hall–Kier alpha value is -2.33. The van der Waals surface area contributed by atoms with Crippen LogP contribution in [0.1, 0.15) is 41.5 Å². The Morgan fingerprint density at radius 3 is 2.67 bits per heavy atom. The lowest BCUT2D eigenvalue weighted by atomic mass is 10.1. The molecule has 0 aliphatic carbocycles. The zero-order valence-corrected chi connectivity index (χ0v) is 16.7. The molecule has 1 unspecified atom stereocenters. The Balaban J connectivity index is 1.61. The Labute approximate surface area is 163 Å². The summed E-state index contributed by atoms with van der Waals surface area (Å²) in [5.41, 5.74) is 5.44. The molecule has 0 saturated carbocycles. The third kappa shape index (κ3) is 5.10. The van der Waals surface area contributed by atoms with Crippen molar-refractivity contribution in [3.8, 4) is 0 Å². The number of anilines is 1. The van der Waals surface area contributed by atoms with E-state index in [9.17, 15) is 0 Å². The van der Waals surface area contributed by atoms with Gasteiger partial charge in [-0.1, -0.05) is 42.0 Å². The van der Waals surface area contributed by atoms with Crippen molar-refractivity contribution in [2.45, 2.75) is 45.7 Å². The van der Waals surface area contributed by atoms with Crippen LogP contribution in [0.5, 0.6) is 0 Å². The fourth-order valence-corrected chi connectivity index (χ4v) is 3.71. The Bertz CT molecular complexity index is 770. The largest absolute Gasteiger partial charge is 0.478 e. The number of para-hydroxylation sites is 1. The monoisotopic (exact) mass is 365 g/mol. The van der Waals surface area contributed by atoms with E-state index in [1.165, 1.54) is 30.5 Å². The fourth-order valence-electron chi connectivity index (χ4n) is 3.71. The maximum absolute atomic E-state index is 8.43. The number of ether oxygens (including phenoxy) is 1. The predicted octanol–water partition coefficient (Wildman–Crippen LogP) is 4.74. The average molecular weight is 366 g/mol. The average Bonchev–Trinajstić information content (AvgIpc) is 3.07. The molecule has 4 heteroatoms. The molecule has 3 rings (SSSR count). The molecule has 1 aliphatic rings. The third-order valence-corrected chi connectivity index (χ3v) is 5.48. The molecule has 2 aromatic rings. The molecular formula is C23H31N3O. The molecule has 144 valence electrons. The van der Waals surface area contributed by atoms with E-state index >= 15 is 0 Å². The smallest absolute Gasteiger partial charge is 0.215 e. The van der Waals surface area contributed by atoms with Crippen molar-refractivity contribution in [3.05, 3.63) is 64.7 Å². The first-order valence-electron chi connectivity index (χ1n) is 9.85. The molecule has 0 spiro atoms. The minimum absolute atomic E-state index is 0.255. The summed E-state index contributed by atoms with van der Waals surface area (Å²) in [5, 5.41) is 11.9. The topological polar surface area (TPSA) is 48.4 Å². The molecule has 4 nitrogen and oxygen atoms in total. The van der Waals surface area contributed by atoms with Crippen LogP contribution in [0, 0.1) is 19.3 Å². The van der Waals surface area contributed by atoms with Gasteiger partial charge in [-0.2, -0.15) is 0 Å². The molecule has 1 heterocycles. The number of nitrogens with one attached hydrogen (secondary N) is 2. The van der Waals surface area contributed by atoms with Crippen molar-refractivity contribution < 1.29 is 4.74 Å². The Morgan fingerprint density at radius 2 is 1.96 bits per heavy atom. The molecule has 27 heavy (non-hydrogen) atoms. The molecule has 0 radical (unpaired) electrons. The molecule has 1 saturated heterocycles. The number of rotatable bonds is 7. The van der Waals surface area contributed by atoms with Crippen LogP contribution in [0.25, 0.3) is 0 Å². The van der Waals surface area contributed by atoms with Crippen LogP contribution in [0.2, 0.25) is 0 Å². The molecule has 1 fully saturated rings. The summed E-state index contributed by atoms with van der Waals surface area (Å²) < 4.78 is 5.82. The fraction of sp³-hybridized carbons (Fsp3) is 0.435. The number of likely N-dealkylation sites (tertiary alicyclic amines) is 1. The van der Waals surface area contributed by atoms with E-state index in [0.29, 0.717) is 12.6 Å². The quantitative estimate of drug-likeness (QED) is 0.550. The second-order valence-corrected chi connectivity index (χ2v) is 7.58. The van der Waals surface area contributed by atoms with Gasteiger partial charge in [-0.05, 0) is 63.9 Å². The zero-order valence-electron chi connectivity index (χ0n) is 16.7. The van der Waals surface area contributed by atoms with Crippen LogP contribution >= 0.6 is 0 Å². The van der Waals surface area contributed by atoms with Crippen LogP contribution < -0.4 is 5.32 Å². The van der Waals surface area contributed by atoms with Crippen molar-refractivity contribution in [2.24, 2.45) is 0 Å². The van der Waals surface area contributed by atoms with Gasteiger partial charge in [-0.3, -0.25) is 5.41 Å². The van der Waals surface area contributed by atoms with Crippen LogP contribution in [-0.4, -0.2) is 37.0 Å². The highest BCUT2D eigenvalue weighted by molar-refractivity contribution is 5.98. The first-order chi connectivity index (χ1) is 13.0. The van der Waals surface area contributed by atoms with Crippen LogP contribution in [0.3, 0.4) is 0 Å². The maximum atomic E-state index is 8.43. The van der Waals surface area contributed by atoms with Gasteiger partial charge in [0.15, 0.2) is 0 Å². The normalized spacial score (nSPS) is 17.1. The van der Waals surface area contributed by atoms with Gasteiger partial charge >= 0.3 is 0 Å². The van der Waals surface area contributed by atoms with Gasteiger partial charge in [0.2, 0.25) is 5.90 Å². The molecule has 1 aliphatic heterocycles. The van der Waals surface area contributed by atoms with Crippen LogP contribution in [-0.2, 0) is 11.3 Å². The van der Waals surface area contributed by atoms with Gasteiger partial charge in [0.05, 0.1) is 17.9 Å². The van der Waals surface area contributed by atoms with E-state index in [-0.39, 0.29) is 5.90 Å². The minimum atomic E-state index is 0.255. The first kappa shape index (κ1) is 19.4. The summed E-state index contributed by atoms with van der Waals surface area (Å²) in [5.74, 6) is 0.255. The summed E-state index contributed by atoms with van der Waals surface area (Å²) in [6.45, 7) is 6.67. The molecule has 2 N–H and O–H groups in total. The molecular weight excluding hydrogens is 334 g/mol. The molecule has 0 aromatic heterocycles. The SMILES string of the molecule is Cc1ccc(CNc2c(C)cccc2C(=N)OCCC2CCCN2C)cc1. The summed E-state index contributed by atoms with van der Waals surface area (Å²) in [7, 11) is 2.18. The number of hydrogen-bond acceptors (Lipinski definition) is 4. The van der Waals surface area contributed by atoms with E-state index in [1.54, 1.807) is 0 Å². The highest BCUT2D eigenvalue weighted by atomic mass is 16.5. The van der Waals surface area contributed by atoms with Gasteiger partial charge in [-0.25, -0.2) is 0 Å². The van der Waals surface area contributed by atoms with Crippen LogP contribution in [0.4, 0.5) is 5.69 Å². The predicted molar refractivity (Wildman–Crippen MR) is 113 cm³/mol. The minimum Gasteiger partial charge on any atom is -0.478 e. The number of benzene rings is 2. The molecule has 0 amide bonds. The molecule has 2 aromatic carbocycles. The summed E-state index contributed by atoms with van der Waals surface area (Å²) in [4.78, 5) is 2.40. The lowest BCUT2D eigenvalue weighted by Gasteiger charge is -2.20. The van der Waals surface area contributed by atoms with E-state index in [1.807, 2.05) is 12.1 Å². The van der Waals surface area contributed by atoms with Crippen molar-refractivity contribution in [1.82, 2.24) is 4.90 Å².